The summed E-state index contributed by atoms with van der Waals surface area (Å²) in [5, 5.41) is 3.70. The summed E-state index contributed by atoms with van der Waals surface area (Å²) < 4.78 is 6.38. The first-order valence-electron chi connectivity index (χ1n) is 7.58. The van der Waals surface area contributed by atoms with Crippen LogP contribution in [0.25, 0.3) is 10.2 Å². The molecule has 1 amide bonds. The Bertz CT molecular complexity index is 876. The number of carbonyl (C=O) groups is 1. The summed E-state index contributed by atoms with van der Waals surface area (Å²) in [6.45, 7) is 2.23. The molecular formula is C18H19N3O2S. The molecule has 0 aliphatic heterocycles. The van der Waals surface area contributed by atoms with Gasteiger partial charge >= 0.3 is 0 Å². The summed E-state index contributed by atoms with van der Waals surface area (Å²) >= 11 is 1.54. The standard InChI is InChI=1S/C18H19N3O2S/c1-12-6-4-7-13(10-12)19-16(22)11-21(2)18-20-17-14(23-3)8-5-9-15(17)24-18/h4-10H,11H2,1-3H3,(H,19,22). The predicted molar refractivity (Wildman–Crippen MR) is 99.3 cm³/mol. The molecule has 124 valence electrons. The normalized spacial score (nSPS) is 10.6. The molecule has 0 bridgehead atoms. The van der Waals surface area contributed by atoms with Crippen molar-refractivity contribution in [2.75, 3.05) is 30.9 Å². The Hall–Kier alpha value is -2.60. The van der Waals surface area contributed by atoms with Gasteiger partial charge in [0.25, 0.3) is 0 Å². The van der Waals surface area contributed by atoms with E-state index < -0.39 is 0 Å². The van der Waals surface area contributed by atoms with Crippen LogP contribution in [0, 0.1) is 6.92 Å². The van der Waals surface area contributed by atoms with Gasteiger partial charge in [-0.25, -0.2) is 4.98 Å². The lowest BCUT2D eigenvalue weighted by Crippen LogP contribution is -2.29. The molecule has 1 N–H and O–H groups in total. The van der Waals surface area contributed by atoms with Crippen LogP contribution in [-0.2, 0) is 4.79 Å². The zero-order valence-corrected chi connectivity index (χ0v) is 14.7. The Balaban J connectivity index is 1.72. The average Bonchev–Trinajstić information content (AvgIpc) is 2.99. The number of amides is 1. The predicted octanol–water partition coefficient (Wildman–Crippen LogP) is 3.69. The first-order valence-corrected chi connectivity index (χ1v) is 8.39. The van der Waals surface area contributed by atoms with Crippen molar-refractivity contribution in [3.05, 3.63) is 48.0 Å². The molecular weight excluding hydrogens is 322 g/mol. The third-order valence-electron chi connectivity index (χ3n) is 3.60. The number of carbonyl (C=O) groups excluding carboxylic acids is 1. The number of likely N-dealkylation sites (N-methyl/N-ethyl adjacent to an activating group) is 1. The van der Waals surface area contributed by atoms with E-state index in [0.29, 0.717) is 0 Å². The summed E-state index contributed by atoms with van der Waals surface area (Å²) in [4.78, 5) is 18.7. The Morgan fingerprint density at radius 3 is 2.83 bits per heavy atom. The van der Waals surface area contributed by atoms with Crippen LogP contribution in [0.5, 0.6) is 5.75 Å². The SMILES string of the molecule is COc1cccc2sc(N(C)CC(=O)Nc3cccc(C)c3)nc12. The van der Waals surface area contributed by atoms with Gasteiger partial charge in [0.2, 0.25) is 5.91 Å². The van der Waals surface area contributed by atoms with Gasteiger partial charge in [-0.15, -0.1) is 0 Å². The molecule has 1 aromatic heterocycles. The third kappa shape index (κ3) is 3.49. The number of ether oxygens (including phenoxy) is 1. The molecule has 3 rings (SSSR count). The van der Waals surface area contributed by atoms with Gasteiger partial charge in [0.15, 0.2) is 5.13 Å². The topological polar surface area (TPSA) is 54.5 Å². The minimum atomic E-state index is -0.0747. The third-order valence-corrected chi connectivity index (χ3v) is 4.73. The quantitative estimate of drug-likeness (QED) is 0.769. The molecule has 0 fully saturated rings. The highest BCUT2D eigenvalue weighted by molar-refractivity contribution is 7.22. The van der Waals surface area contributed by atoms with Crippen LogP contribution in [0.3, 0.4) is 0 Å². The van der Waals surface area contributed by atoms with Crippen LogP contribution in [0.15, 0.2) is 42.5 Å². The number of fused-ring (bicyclic) bond motifs is 1. The molecule has 24 heavy (non-hydrogen) atoms. The van der Waals surface area contributed by atoms with E-state index in [1.54, 1.807) is 18.4 Å². The molecule has 2 aromatic carbocycles. The van der Waals surface area contributed by atoms with Gasteiger partial charge in [-0.2, -0.15) is 0 Å². The van der Waals surface area contributed by atoms with Gasteiger partial charge in [0, 0.05) is 12.7 Å². The maximum atomic E-state index is 12.2. The lowest BCUT2D eigenvalue weighted by Gasteiger charge is -2.15. The van der Waals surface area contributed by atoms with Crippen LogP contribution < -0.4 is 15.0 Å². The molecule has 1 heterocycles. The number of para-hydroxylation sites is 1. The summed E-state index contributed by atoms with van der Waals surface area (Å²) in [6, 6.07) is 13.6. The van der Waals surface area contributed by atoms with E-state index in [0.717, 1.165) is 32.3 Å². The summed E-state index contributed by atoms with van der Waals surface area (Å²) in [5.74, 6) is 0.668. The van der Waals surface area contributed by atoms with E-state index in [4.69, 9.17) is 4.74 Å². The number of aryl methyl sites for hydroxylation is 1. The van der Waals surface area contributed by atoms with E-state index >= 15 is 0 Å². The van der Waals surface area contributed by atoms with Crippen LogP contribution in [0.2, 0.25) is 0 Å². The van der Waals surface area contributed by atoms with E-state index in [1.807, 2.05) is 61.3 Å². The smallest absolute Gasteiger partial charge is 0.243 e. The van der Waals surface area contributed by atoms with Crippen molar-refractivity contribution in [3.8, 4) is 5.75 Å². The van der Waals surface area contributed by atoms with E-state index in [2.05, 4.69) is 10.3 Å². The fourth-order valence-corrected chi connectivity index (χ4v) is 3.39. The molecule has 0 radical (unpaired) electrons. The molecule has 0 saturated carbocycles. The first-order chi connectivity index (χ1) is 11.6. The molecule has 5 nitrogen and oxygen atoms in total. The van der Waals surface area contributed by atoms with E-state index in [9.17, 15) is 4.79 Å². The molecule has 0 unspecified atom stereocenters. The van der Waals surface area contributed by atoms with Crippen molar-refractivity contribution in [3.63, 3.8) is 0 Å². The number of nitrogens with one attached hydrogen (secondary N) is 1. The minimum absolute atomic E-state index is 0.0747. The maximum absolute atomic E-state index is 12.2. The molecule has 3 aromatic rings. The van der Waals surface area contributed by atoms with Gasteiger partial charge in [-0.1, -0.05) is 29.5 Å². The number of methoxy groups -OCH3 is 1. The van der Waals surface area contributed by atoms with Crippen molar-refractivity contribution in [2.45, 2.75) is 6.92 Å². The summed E-state index contributed by atoms with van der Waals surface area (Å²) in [7, 11) is 3.49. The molecule has 0 aliphatic rings. The fraction of sp³-hybridized carbons (Fsp3) is 0.222. The van der Waals surface area contributed by atoms with Gasteiger partial charge in [0.1, 0.15) is 11.3 Å². The zero-order chi connectivity index (χ0) is 17.1. The second kappa shape index (κ2) is 6.88. The van der Waals surface area contributed by atoms with Crippen molar-refractivity contribution in [1.29, 1.82) is 0 Å². The number of hydrogen-bond acceptors (Lipinski definition) is 5. The van der Waals surface area contributed by atoms with Crippen LogP contribution in [0.1, 0.15) is 5.56 Å². The molecule has 6 heteroatoms. The van der Waals surface area contributed by atoms with Crippen LogP contribution in [-0.4, -0.2) is 31.6 Å². The molecule has 0 aliphatic carbocycles. The van der Waals surface area contributed by atoms with Crippen molar-refractivity contribution < 1.29 is 9.53 Å². The Labute approximate surface area is 144 Å². The van der Waals surface area contributed by atoms with E-state index in [-0.39, 0.29) is 12.5 Å². The fourth-order valence-electron chi connectivity index (χ4n) is 2.45. The number of hydrogen-bond donors (Lipinski definition) is 1. The molecule has 0 saturated heterocycles. The highest BCUT2D eigenvalue weighted by atomic mass is 32.1. The van der Waals surface area contributed by atoms with E-state index in [1.165, 1.54) is 0 Å². The first kappa shape index (κ1) is 16.3. The highest BCUT2D eigenvalue weighted by Gasteiger charge is 2.14. The van der Waals surface area contributed by atoms with Crippen LogP contribution in [0.4, 0.5) is 10.8 Å². The number of anilines is 2. The van der Waals surface area contributed by atoms with Gasteiger partial charge in [0.05, 0.1) is 18.4 Å². The zero-order valence-electron chi connectivity index (χ0n) is 13.9. The van der Waals surface area contributed by atoms with Crippen molar-refractivity contribution in [1.82, 2.24) is 4.98 Å². The minimum Gasteiger partial charge on any atom is -0.494 e. The van der Waals surface area contributed by atoms with Crippen molar-refractivity contribution >= 4 is 38.3 Å². The molecule has 0 spiro atoms. The van der Waals surface area contributed by atoms with Gasteiger partial charge in [-0.05, 0) is 36.8 Å². The van der Waals surface area contributed by atoms with Crippen molar-refractivity contribution in [2.24, 2.45) is 0 Å². The largest absolute Gasteiger partial charge is 0.494 e. The lowest BCUT2D eigenvalue weighted by atomic mass is 10.2. The second-order valence-electron chi connectivity index (χ2n) is 5.58. The second-order valence-corrected chi connectivity index (χ2v) is 6.59. The highest BCUT2D eigenvalue weighted by Crippen LogP contribution is 2.33. The van der Waals surface area contributed by atoms with Crippen LogP contribution >= 0.6 is 11.3 Å². The lowest BCUT2D eigenvalue weighted by molar-refractivity contribution is -0.114. The van der Waals surface area contributed by atoms with Gasteiger partial charge < -0.3 is 15.0 Å². The Morgan fingerprint density at radius 2 is 2.08 bits per heavy atom. The number of thiazole rings is 1. The summed E-state index contributed by atoms with van der Waals surface area (Å²) in [5.41, 5.74) is 2.74. The summed E-state index contributed by atoms with van der Waals surface area (Å²) in [6.07, 6.45) is 0. The Kier molecular flexibility index (Phi) is 4.66. The maximum Gasteiger partial charge on any atom is 0.243 e. The number of aromatic nitrogens is 1. The monoisotopic (exact) mass is 341 g/mol. The van der Waals surface area contributed by atoms with Gasteiger partial charge in [-0.3, -0.25) is 4.79 Å². The number of nitrogens with zero attached hydrogens (tertiary/aromatic N) is 2. The average molecular weight is 341 g/mol. The number of benzene rings is 2. The number of rotatable bonds is 5. The molecule has 0 atom stereocenters. The Morgan fingerprint density at radius 1 is 1.29 bits per heavy atom.